The monoisotopic (exact) mass is 504 g/mol. The van der Waals surface area contributed by atoms with Gasteiger partial charge in [0, 0.05) is 25.0 Å². The average molecular weight is 505 g/mol. The van der Waals surface area contributed by atoms with Gasteiger partial charge in [0.1, 0.15) is 5.69 Å². The highest BCUT2D eigenvalue weighted by Crippen LogP contribution is 2.26. The lowest BCUT2D eigenvalue weighted by atomic mass is 10.2. The van der Waals surface area contributed by atoms with Crippen LogP contribution in [0.25, 0.3) is 0 Å². The molecule has 0 amide bonds. The predicted octanol–water partition coefficient (Wildman–Crippen LogP) is 9.64. The van der Waals surface area contributed by atoms with E-state index in [4.69, 9.17) is 0 Å². The number of alkyl halides is 6. The van der Waals surface area contributed by atoms with Gasteiger partial charge in [-0.25, -0.2) is 0 Å². The molecule has 35 heavy (non-hydrogen) atoms. The van der Waals surface area contributed by atoms with Crippen LogP contribution in [0.5, 0.6) is 0 Å². The van der Waals surface area contributed by atoms with Gasteiger partial charge in [0.05, 0.1) is 0 Å². The summed E-state index contributed by atoms with van der Waals surface area (Å²) in [4.78, 5) is 7.30. The van der Waals surface area contributed by atoms with Gasteiger partial charge in [-0.05, 0) is 57.9 Å². The van der Waals surface area contributed by atoms with Crippen LogP contribution in [-0.4, -0.2) is 16.1 Å². The lowest BCUT2D eigenvalue weighted by molar-refractivity contribution is -0.141. The Morgan fingerprint density at radius 3 is 1.09 bits per heavy atom. The van der Waals surface area contributed by atoms with E-state index >= 15 is 0 Å². The smallest absolute Gasteiger partial charge is 0.261 e. The second-order valence-corrected chi connectivity index (χ2v) is 7.13. The molecule has 8 heteroatoms. The fraction of sp³-hybridized carbons (Fsp3) is 0.407. The number of aryl methyl sites for hydroxylation is 5. The summed E-state index contributed by atoms with van der Waals surface area (Å²) in [5.74, 6) is 0. The summed E-state index contributed by atoms with van der Waals surface area (Å²) < 4.78 is 66.6. The number of rotatable bonds is 0. The van der Waals surface area contributed by atoms with E-state index in [1.165, 1.54) is 29.0 Å². The second-order valence-electron chi connectivity index (χ2n) is 7.13. The molecule has 0 saturated carbocycles. The molecular weight excluding hydrogens is 466 g/mol. The molecular formula is C27H38F6N2. The molecule has 0 atom stereocenters. The van der Waals surface area contributed by atoms with Crippen molar-refractivity contribution in [3.8, 4) is 0 Å². The molecule has 0 bridgehead atoms. The van der Waals surface area contributed by atoms with Gasteiger partial charge in [0.25, 0.3) is 0 Å². The lowest BCUT2D eigenvalue weighted by Gasteiger charge is -2.03. The quantitative estimate of drug-likeness (QED) is 0.285. The summed E-state index contributed by atoms with van der Waals surface area (Å²) in [6.45, 7) is 14.1. The normalized spacial score (nSPS) is 9.77. The average Bonchev–Trinajstić information content (AvgIpc) is 2.73. The number of pyridine rings is 2. The van der Waals surface area contributed by atoms with Gasteiger partial charge in [-0.1, -0.05) is 68.8 Å². The van der Waals surface area contributed by atoms with Gasteiger partial charge >= 0.3 is 12.4 Å². The van der Waals surface area contributed by atoms with Gasteiger partial charge in [0.15, 0.2) is 0 Å². The van der Waals surface area contributed by atoms with Crippen LogP contribution < -0.4 is 0 Å². The summed E-state index contributed by atoms with van der Waals surface area (Å²) in [6, 6.07) is 14.9. The predicted molar refractivity (Wildman–Crippen MR) is 133 cm³/mol. The minimum Gasteiger partial charge on any atom is -0.261 e. The molecule has 1 aromatic carbocycles. The maximum Gasteiger partial charge on any atom is 0.433 e. The van der Waals surface area contributed by atoms with Crippen molar-refractivity contribution in [2.45, 2.75) is 75.2 Å². The topological polar surface area (TPSA) is 25.8 Å². The zero-order valence-corrected chi connectivity index (χ0v) is 20.9. The molecule has 2 aromatic heterocycles. The van der Waals surface area contributed by atoms with Gasteiger partial charge in [-0.15, -0.1) is 0 Å². The van der Waals surface area contributed by atoms with Crippen LogP contribution in [0, 0.1) is 34.6 Å². The molecule has 0 aliphatic carbocycles. The number of nitrogens with zero attached hydrogens (tertiary/aromatic N) is 2. The van der Waals surface area contributed by atoms with Gasteiger partial charge in [-0.3, -0.25) is 9.97 Å². The van der Waals surface area contributed by atoms with Crippen molar-refractivity contribution in [3.63, 3.8) is 0 Å². The van der Waals surface area contributed by atoms with E-state index in [0.717, 1.165) is 17.3 Å². The first-order valence-corrected chi connectivity index (χ1v) is 10.6. The van der Waals surface area contributed by atoms with E-state index in [2.05, 4.69) is 54.1 Å². The molecule has 198 valence electrons. The van der Waals surface area contributed by atoms with Crippen molar-refractivity contribution in [2.75, 3.05) is 0 Å². The molecule has 0 N–H and O–H groups in total. The Bertz CT molecular complexity index is 792. The number of hydrogen-bond acceptors (Lipinski definition) is 2. The fourth-order valence-electron chi connectivity index (χ4n) is 1.81. The Hall–Kier alpha value is -2.90. The Balaban J connectivity index is -0.000000389. The molecule has 2 nitrogen and oxygen atoms in total. The standard InChI is InChI=1S/C8H10.C7H6F3N.C7H9N.C2H3F3.C2H6.CH4/c1-7-3-5-8(2)6-4-7;1-5-2-3-6(11-4-5)7(8,9)10;1-6-3-4-7(2)8-5-6;1-2(3,4)5;1-2;/h3-6H,1-2H3;2-4H,1H3;3-5H,1-2H3;1H3;1-2H3;1H4. The van der Waals surface area contributed by atoms with E-state index in [9.17, 15) is 26.3 Å². The number of halogens is 6. The minimum absolute atomic E-state index is 0. The van der Waals surface area contributed by atoms with Gasteiger partial charge < -0.3 is 0 Å². The second kappa shape index (κ2) is 18.4. The van der Waals surface area contributed by atoms with Crippen LogP contribution in [0.3, 0.4) is 0 Å². The van der Waals surface area contributed by atoms with Crippen LogP contribution in [0.15, 0.2) is 60.9 Å². The minimum atomic E-state index is -4.33. The third-order valence-electron chi connectivity index (χ3n) is 3.48. The molecule has 2 heterocycles. The SMILES string of the molecule is C.CC.CC(F)(F)F.Cc1ccc(C(F)(F)F)nc1.Cc1ccc(C)cc1.Cc1ccc(C)nc1. The third kappa shape index (κ3) is 24.0. The van der Waals surface area contributed by atoms with Gasteiger partial charge in [-0.2, -0.15) is 26.3 Å². The van der Waals surface area contributed by atoms with Crippen LogP contribution in [0.1, 0.15) is 61.8 Å². The van der Waals surface area contributed by atoms with Crippen molar-refractivity contribution >= 4 is 0 Å². The summed E-state index contributed by atoms with van der Waals surface area (Å²) in [7, 11) is 0. The molecule has 0 unspecified atom stereocenters. The number of benzene rings is 1. The van der Waals surface area contributed by atoms with Crippen molar-refractivity contribution in [3.05, 3.63) is 94.6 Å². The van der Waals surface area contributed by atoms with Crippen molar-refractivity contribution in [2.24, 2.45) is 0 Å². The van der Waals surface area contributed by atoms with E-state index in [1.807, 2.05) is 40.0 Å². The first-order valence-electron chi connectivity index (χ1n) is 10.6. The van der Waals surface area contributed by atoms with E-state index in [0.29, 0.717) is 0 Å². The first kappa shape index (κ1) is 36.7. The number of aromatic nitrogens is 2. The Labute approximate surface area is 206 Å². The summed E-state index contributed by atoms with van der Waals surface area (Å²) >= 11 is 0. The van der Waals surface area contributed by atoms with E-state index < -0.39 is 18.0 Å². The summed E-state index contributed by atoms with van der Waals surface area (Å²) in [5, 5.41) is 0. The van der Waals surface area contributed by atoms with Crippen LogP contribution in [0.4, 0.5) is 26.3 Å². The lowest BCUT2D eigenvalue weighted by Crippen LogP contribution is -2.07. The molecule has 0 spiro atoms. The Kier molecular flexibility index (Phi) is 19.3. The molecule has 0 fully saturated rings. The van der Waals surface area contributed by atoms with E-state index in [-0.39, 0.29) is 14.4 Å². The van der Waals surface area contributed by atoms with Gasteiger partial charge in [0.2, 0.25) is 0 Å². The van der Waals surface area contributed by atoms with Crippen LogP contribution in [0.2, 0.25) is 0 Å². The molecule has 3 aromatic rings. The number of hydrogen-bond donors (Lipinski definition) is 0. The molecule has 0 radical (unpaired) electrons. The third-order valence-corrected chi connectivity index (χ3v) is 3.48. The van der Waals surface area contributed by atoms with Crippen molar-refractivity contribution in [1.82, 2.24) is 9.97 Å². The molecule has 0 aliphatic heterocycles. The van der Waals surface area contributed by atoms with Crippen LogP contribution >= 0.6 is 0 Å². The zero-order chi connectivity index (χ0) is 26.9. The largest absolute Gasteiger partial charge is 0.433 e. The summed E-state index contributed by atoms with van der Waals surface area (Å²) in [5.41, 5.74) is 4.83. The maximum absolute atomic E-state index is 11.9. The Morgan fingerprint density at radius 2 is 0.857 bits per heavy atom. The molecule has 3 rings (SSSR count). The highest BCUT2D eigenvalue weighted by Gasteiger charge is 2.31. The highest BCUT2D eigenvalue weighted by molar-refractivity contribution is 5.19. The molecule has 0 saturated heterocycles. The van der Waals surface area contributed by atoms with E-state index in [1.54, 1.807) is 6.92 Å². The maximum atomic E-state index is 11.9. The fourth-order valence-corrected chi connectivity index (χ4v) is 1.81. The first-order chi connectivity index (χ1) is 15.6. The highest BCUT2D eigenvalue weighted by atomic mass is 19.4. The molecule has 0 aliphatic rings. The summed E-state index contributed by atoms with van der Waals surface area (Å²) in [6.07, 6.45) is -5.26. The van der Waals surface area contributed by atoms with Crippen LogP contribution in [-0.2, 0) is 6.18 Å². The van der Waals surface area contributed by atoms with Crippen molar-refractivity contribution < 1.29 is 26.3 Å². The Morgan fingerprint density at radius 1 is 0.543 bits per heavy atom. The van der Waals surface area contributed by atoms with Crippen molar-refractivity contribution in [1.29, 1.82) is 0 Å². The zero-order valence-electron chi connectivity index (χ0n) is 20.9.